The molecule has 7 nitrogen and oxygen atoms in total. The van der Waals surface area contributed by atoms with Crippen LogP contribution >= 0.6 is 0 Å². The number of sulfonamides is 1. The lowest BCUT2D eigenvalue weighted by Crippen LogP contribution is -2.42. The minimum Gasteiger partial charge on any atom is -0.495 e. The highest BCUT2D eigenvalue weighted by Crippen LogP contribution is 2.28. The summed E-state index contributed by atoms with van der Waals surface area (Å²) < 4.78 is 33.2. The van der Waals surface area contributed by atoms with E-state index in [9.17, 15) is 13.2 Å². The van der Waals surface area contributed by atoms with E-state index in [1.165, 1.54) is 11.4 Å². The van der Waals surface area contributed by atoms with Crippen LogP contribution in [-0.4, -0.2) is 57.1 Å². The molecule has 1 amide bonds. The largest absolute Gasteiger partial charge is 0.495 e. The van der Waals surface area contributed by atoms with Crippen molar-refractivity contribution in [2.24, 2.45) is 0 Å². The molecule has 2 rings (SSSR count). The number of carbonyl (C=O) groups excluding carboxylic acids is 1. The number of nitrogens with zero attached hydrogens (tertiary/aromatic N) is 1. The Kier molecular flexibility index (Phi) is 8.63. The number of benzene rings is 2. The molecule has 158 valence electrons. The van der Waals surface area contributed by atoms with Crippen LogP contribution in [-0.2, 0) is 21.2 Å². The van der Waals surface area contributed by atoms with Gasteiger partial charge in [0.25, 0.3) is 0 Å². The third kappa shape index (κ3) is 6.56. The van der Waals surface area contributed by atoms with E-state index in [2.05, 4.69) is 5.32 Å². The minimum absolute atomic E-state index is 0.0382. The average molecular weight is 421 g/mol. The zero-order valence-corrected chi connectivity index (χ0v) is 17.6. The van der Waals surface area contributed by atoms with Crippen LogP contribution in [0.15, 0.2) is 53.4 Å². The molecule has 2 aromatic rings. The maximum Gasteiger partial charge on any atom is 0.247 e. The van der Waals surface area contributed by atoms with E-state index >= 15 is 0 Å². The van der Waals surface area contributed by atoms with Crippen molar-refractivity contribution in [1.82, 2.24) is 9.62 Å². The Balaban J connectivity index is 2.29. The van der Waals surface area contributed by atoms with Gasteiger partial charge in [0.15, 0.2) is 0 Å². The fourth-order valence-electron chi connectivity index (χ4n) is 2.83. The van der Waals surface area contributed by atoms with E-state index in [0.29, 0.717) is 12.8 Å². The van der Waals surface area contributed by atoms with Crippen LogP contribution in [0.4, 0.5) is 0 Å². The normalized spacial score (nSPS) is 11.4. The Morgan fingerprint density at radius 1 is 1.17 bits per heavy atom. The zero-order valence-electron chi connectivity index (χ0n) is 16.8. The van der Waals surface area contributed by atoms with Gasteiger partial charge in [-0.25, -0.2) is 8.42 Å². The SMILES string of the molecule is COc1ccc(C)cc1S(=O)(=O)N(CCc1ccccc1)CC(=O)NCCCO. The molecule has 0 bridgehead atoms. The van der Waals surface area contributed by atoms with E-state index in [-0.39, 0.29) is 36.9 Å². The Hall–Kier alpha value is -2.42. The number of aliphatic hydroxyl groups excluding tert-OH is 1. The number of aliphatic hydroxyl groups is 1. The number of amides is 1. The predicted molar refractivity (Wildman–Crippen MR) is 111 cm³/mol. The number of carbonyl (C=O) groups is 1. The van der Waals surface area contributed by atoms with Gasteiger partial charge in [-0.2, -0.15) is 4.31 Å². The van der Waals surface area contributed by atoms with Gasteiger partial charge in [0.05, 0.1) is 13.7 Å². The van der Waals surface area contributed by atoms with Crippen LogP contribution in [0.25, 0.3) is 0 Å². The Bertz CT molecular complexity index is 901. The van der Waals surface area contributed by atoms with E-state index in [1.54, 1.807) is 25.1 Å². The summed E-state index contributed by atoms with van der Waals surface area (Å²) in [4.78, 5) is 12.3. The number of ether oxygens (including phenoxy) is 1. The summed E-state index contributed by atoms with van der Waals surface area (Å²) in [5.74, 6) is -0.178. The first-order chi connectivity index (χ1) is 13.9. The van der Waals surface area contributed by atoms with Crippen LogP contribution in [0.5, 0.6) is 5.75 Å². The molecule has 0 aliphatic carbocycles. The van der Waals surface area contributed by atoms with Crippen molar-refractivity contribution >= 4 is 15.9 Å². The quantitative estimate of drug-likeness (QED) is 0.540. The highest BCUT2D eigenvalue weighted by molar-refractivity contribution is 7.89. The summed E-state index contributed by atoms with van der Waals surface area (Å²) in [7, 11) is -2.55. The molecular weight excluding hydrogens is 392 g/mol. The van der Waals surface area contributed by atoms with Gasteiger partial charge in [-0.1, -0.05) is 36.4 Å². The Labute approximate surface area is 172 Å². The molecule has 0 spiro atoms. The standard InChI is InChI=1S/C21H28N2O5S/c1-17-9-10-19(28-2)20(15-17)29(26,27)23(16-21(25)22-12-6-14-24)13-11-18-7-4-3-5-8-18/h3-5,7-10,15,24H,6,11-14,16H2,1-2H3,(H,22,25). The summed E-state index contributed by atoms with van der Waals surface area (Å²) >= 11 is 0. The van der Waals surface area contributed by atoms with Crippen LogP contribution in [0.3, 0.4) is 0 Å². The predicted octanol–water partition coefficient (Wildman–Crippen LogP) is 1.74. The van der Waals surface area contributed by atoms with Gasteiger partial charge in [-0.3, -0.25) is 4.79 Å². The van der Waals surface area contributed by atoms with E-state index in [4.69, 9.17) is 9.84 Å². The van der Waals surface area contributed by atoms with Gasteiger partial charge in [0, 0.05) is 19.7 Å². The van der Waals surface area contributed by atoms with Gasteiger partial charge in [0.2, 0.25) is 15.9 Å². The maximum atomic E-state index is 13.4. The lowest BCUT2D eigenvalue weighted by atomic mass is 10.1. The molecule has 29 heavy (non-hydrogen) atoms. The molecule has 0 heterocycles. The smallest absolute Gasteiger partial charge is 0.247 e. The second kappa shape index (κ2) is 10.9. The number of nitrogens with one attached hydrogen (secondary N) is 1. The molecule has 0 aliphatic heterocycles. The number of hydrogen-bond donors (Lipinski definition) is 2. The van der Waals surface area contributed by atoms with Crippen LogP contribution < -0.4 is 10.1 Å². The molecule has 0 aromatic heterocycles. The fourth-order valence-corrected chi connectivity index (χ4v) is 4.47. The molecule has 0 fully saturated rings. The van der Waals surface area contributed by atoms with Crippen LogP contribution in [0, 0.1) is 6.92 Å². The first-order valence-electron chi connectivity index (χ1n) is 9.44. The summed E-state index contributed by atoms with van der Waals surface area (Å²) in [6, 6.07) is 14.4. The summed E-state index contributed by atoms with van der Waals surface area (Å²) in [6.45, 7) is 1.88. The molecule has 2 N–H and O–H groups in total. The summed E-state index contributed by atoms with van der Waals surface area (Å²) in [6.07, 6.45) is 0.881. The van der Waals surface area contributed by atoms with Crippen molar-refractivity contribution in [2.45, 2.75) is 24.7 Å². The molecule has 0 radical (unpaired) electrons. The maximum absolute atomic E-state index is 13.4. The molecule has 0 aliphatic rings. The monoisotopic (exact) mass is 420 g/mol. The highest BCUT2D eigenvalue weighted by Gasteiger charge is 2.29. The van der Waals surface area contributed by atoms with Crippen LogP contribution in [0.1, 0.15) is 17.5 Å². The second-order valence-electron chi connectivity index (χ2n) is 6.66. The topological polar surface area (TPSA) is 95.9 Å². The van der Waals surface area contributed by atoms with Crippen molar-refractivity contribution in [3.8, 4) is 5.75 Å². The lowest BCUT2D eigenvalue weighted by Gasteiger charge is -2.23. The van der Waals surface area contributed by atoms with Gasteiger partial charge < -0.3 is 15.2 Å². The molecule has 0 saturated heterocycles. The zero-order chi connectivity index (χ0) is 21.3. The first kappa shape index (κ1) is 22.9. The van der Waals surface area contributed by atoms with Crippen molar-refractivity contribution in [2.75, 3.05) is 33.4 Å². The summed E-state index contributed by atoms with van der Waals surface area (Å²) in [5, 5.41) is 11.5. The third-order valence-electron chi connectivity index (χ3n) is 4.41. The van der Waals surface area contributed by atoms with Gasteiger partial charge in [0.1, 0.15) is 10.6 Å². The van der Waals surface area contributed by atoms with Crippen molar-refractivity contribution in [1.29, 1.82) is 0 Å². The number of rotatable bonds is 11. The van der Waals surface area contributed by atoms with Gasteiger partial charge >= 0.3 is 0 Å². The fraction of sp³-hybridized carbons (Fsp3) is 0.381. The Morgan fingerprint density at radius 2 is 1.90 bits per heavy atom. The van der Waals surface area contributed by atoms with Gasteiger partial charge in [-0.05, 0) is 43.0 Å². The molecule has 0 unspecified atom stereocenters. The van der Waals surface area contributed by atoms with Gasteiger partial charge in [-0.15, -0.1) is 0 Å². The third-order valence-corrected chi connectivity index (χ3v) is 6.27. The first-order valence-corrected chi connectivity index (χ1v) is 10.9. The molecular formula is C21H28N2O5S. The lowest BCUT2D eigenvalue weighted by molar-refractivity contribution is -0.121. The Morgan fingerprint density at radius 3 is 2.55 bits per heavy atom. The minimum atomic E-state index is -3.96. The van der Waals surface area contributed by atoms with Crippen molar-refractivity contribution in [3.63, 3.8) is 0 Å². The molecule has 2 aromatic carbocycles. The van der Waals surface area contributed by atoms with Crippen LogP contribution in [0.2, 0.25) is 0 Å². The molecule has 0 atom stereocenters. The number of aryl methyl sites for hydroxylation is 1. The van der Waals surface area contributed by atoms with E-state index in [0.717, 1.165) is 11.1 Å². The van der Waals surface area contributed by atoms with E-state index < -0.39 is 15.9 Å². The number of hydrogen-bond acceptors (Lipinski definition) is 5. The average Bonchev–Trinajstić information content (AvgIpc) is 2.72. The second-order valence-corrected chi connectivity index (χ2v) is 8.56. The highest BCUT2D eigenvalue weighted by atomic mass is 32.2. The molecule has 0 saturated carbocycles. The summed E-state index contributed by atoms with van der Waals surface area (Å²) in [5.41, 5.74) is 1.75. The van der Waals surface area contributed by atoms with Crippen molar-refractivity contribution in [3.05, 3.63) is 59.7 Å². The number of methoxy groups -OCH3 is 1. The van der Waals surface area contributed by atoms with E-state index in [1.807, 2.05) is 30.3 Å². The van der Waals surface area contributed by atoms with Crippen molar-refractivity contribution < 1.29 is 23.1 Å². The molecule has 8 heteroatoms.